The summed E-state index contributed by atoms with van der Waals surface area (Å²) in [4.78, 5) is 16.5. The van der Waals surface area contributed by atoms with Crippen LogP contribution in [0, 0.1) is 0 Å². The highest BCUT2D eigenvalue weighted by Gasteiger charge is 2.23. The smallest absolute Gasteiger partial charge is 0.317 e. The van der Waals surface area contributed by atoms with Crippen LogP contribution in [-0.4, -0.2) is 61.8 Å². The molecule has 0 aromatic heterocycles. The molecule has 0 unspecified atom stereocenters. The number of carbonyl (C=O) groups excluding carboxylic acids is 1. The van der Waals surface area contributed by atoms with E-state index in [1.54, 1.807) is 7.11 Å². The molecule has 0 saturated carbocycles. The Kier molecular flexibility index (Phi) is 6.68. The van der Waals surface area contributed by atoms with Crippen molar-refractivity contribution in [3.8, 4) is 0 Å². The molecular formula is C17H27N3O2. The summed E-state index contributed by atoms with van der Waals surface area (Å²) in [5, 5.41) is 2.90. The van der Waals surface area contributed by atoms with E-state index < -0.39 is 0 Å². The van der Waals surface area contributed by atoms with Crippen LogP contribution in [0.15, 0.2) is 30.3 Å². The van der Waals surface area contributed by atoms with Crippen molar-refractivity contribution in [1.29, 1.82) is 0 Å². The van der Waals surface area contributed by atoms with Gasteiger partial charge in [0.05, 0.1) is 6.61 Å². The van der Waals surface area contributed by atoms with Crippen molar-refractivity contribution in [2.75, 3.05) is 39.9 Å². The number of urea groups is 1. The van der Waals surface area contributed by atoms with E-state index >= 15 is 0 Å². The van der Waals surface area contributed by atoms with E-state index in [4.69, 9.17) is 4.74 Å². The summed E-state index contributed by atoms with van der Waals surface area (Å²) in [5.74, 6) is 0. The van der Waals surface area contributed by atoms with Gasteiger partial charge in [-0.3, -0.25) is 4.90 Å². The summed E-state index contributed by atoms with van der Waals surface area (Å²) < 4.78 is 4.96. The molecule has 1 fully saturated rings. The van der Waals surface area contributed by atoms with Gasteiger partial charge in [-0.1, -0.05) is 30.3 Å². The predicted octanol–water partition coefficient (Wildman–Crippen LogP) is 1.94. The van der Waals surface area contributed by atoms with Gasteiger partial charge in [0.1, 0.15) is 0 Å². The second-order valence-corrected chi connectivity index (χ2v) is 5.81. The Morgan fingerprint density at radius 3 is 2.77 bits per heavy atom. The Labute approximate surface area is 133 Å². The van der Waals surface area contributed by atoms with Gasteiger partial charge in [-0.2, -0.15) is 0 Å². The standard InChI is InChI=1S/C17H27N3O2/c1-15-8-10-19(17(21)18-9-13-22-2)11-12-20(15)14-16-6-4-3-5-7-16/h3-7,15H,8-14H2,1-2H3,(H,18,21)/t15-/m0/s1. The van der Waals surface area contributed by atoms with Crippen molar-refractivity contribution < 1.29 is 9.53 Å². The Balaban J connectivity index is 1.86. The van der Waals surface area contributed by atoms with Gasteiger partial charge < -0.3 is 15.0 Å². The third kappa shape index (κ3) is 5.00. The first-order valence-electron chi connectivity index (χ1n) is 8.00. The minimum atomic E-state index is 0.0193. The number of nitrogens with one attached hydrogen (secondary N) is 1. The average molecular weight is 305 g/mol. The first-order chi connectivity index (χ1) is 10.7. The van der Waals surface area contributed by atoms with Gasteiger partial charge in [0.2, 0.25) is 0 Å². The lowest BCUT2D eigenvalue weighted by Crippen LogP contribution is -2.43. The Hall–Kier alpha value is -1.59. The van der Waals surface area contributed by atoms with Crippen LogP contribution in [0.4, 0.5) is 4.79 Å². The van der Waals surface area contributed by atoms with Crippen molar-refractivity contribution in [3.05, 3.63) is 35.9 Å². The van der Waals surface area contributed by atoms with Crippen LogP contribution in [0.25, 0.3) is 0 Å². The van der Waals surface area contributed by atoms with Gasteiger partial charge in [-0.15, -0.1) is 0 Å². The van der Waals surface area contributed by atoms with Crippen molar-refractivity contribution in [1.82, 2.24) is 15.1 Å². The zero-order valence-electron chi connectivity index (χ0n) is 13.6. The maximum absolute atomic E-state index is 12.1. The largest absolute Gasteiger partial charge is 0.383 e. The molecule has 122 valence electrons. The SMILES string of the molecule is COCCNC(=O)N1CC[C@H](C)N(Cc2ccccc2)CC1. The topological polar surface area (TPSA) is 44.8 Å². The van der Waals surface area contributed by atoms with Crippen LogP contribution in [0.5, 0.6) is 0 Å². The normalized spacial score (nSPS) is 19.7. The number of benzene rings is 1. The molecule has 5 nitrogen and oxygen atoms in total. The number of nitrogens with zero attached hydrogens (tertiary/aromatic N) is 2. The number of carbonyl (C=O) groups is 1. The molecule has 2 rings (SSSR count). The Morgan fingerprint density at radius 1 is 1.27 bits per heavy atom. The summed E-state index contributed by atoms with van der Waals surface area (Å²) in [6.45, 7) is 6.80. The maximum atomic E-state index is 12.1. The number of methoxy groups -OCH3 is 1. The highest BCUT2D eigenvalue weighted by molar-refractivity contribution is 5.74. The molecule has 1 aliphatic rings. The van der Waals surface area contributed by atoms with E-state index in [2.05, 4.69) is 41.4 Å². The minimum absolute atomic E-state index is 0.0193. The molecule has 1 saturated heterocycles. The van der Waals surface area contributed by atoms with E-state index in [0.717, 1.165) is 32.6 Å². The molecular weight excluding hydrogens is 278 g/mol. The molecule has 1 aromatic rings. The number of hydrogen-bond donors (Lipinski definition) is 1. The van der Waals surface area contributed by atoms with Crippen LogP contribution in [0.3, 0.4) is 0 Å². The molecule has 1 heterocycles. The van der Waals surface area contributed by atoms with Crippen LogP contribution < -0.4 is 5.32 Å². The molecule has 1 N–H and O–H groups in total. The van der Waals surface area contributed by atoms with E-state index in [9.17, 15) is 4.79 Å². The molecule has 0 bridgehead atoms. The van der Waals surface area contributed by atoms with Crippen molar-refractivity contribution in [3.63, 3.8) is 0 Å². The molecule has 22 heavy (non-hydrogen) atoms. The fourth-order valence-electron chi connectivity index (χ4n) is 2.73. The first-order valence-corrected chi connectivity index (χ1v) is 8.00. The van der Waals surface area contributed by atoms with Gasteiger partial charge in [-0.25, -0.2) is 4.79 Å². The first kappa shape index (κ1) is 16.8. The van der Waals surface area contributed by atoms with Gasteiger partial charge in [0.15, 0.2) is 0 Å². The van der Waals surface area contributed by atoms with Crippen LogP contribution in [-0.2, 0) is 11.3 Å². The van der Waals surface area contributed by atoms with E-state index in [1.165, 1.54) is 5.56 Å². The van der Waals surface area contributed by atoms with E-state index in [-0.39, 0.29) is 6.03 Å². The number of rotatable bonds is 5. The fraction of sp³-hybridized carbons (Fsp3) is 0.588. The third-order valence-electron chi connectivity index (χ3n) is 4.20. The summed E-state index contributed by atoms with van der Waals surface area (Å²) in [6.07, 6.45) is 1.00. The fourth-order valence-corrected chi connectivity index (χ4v) is 2.73. The van der Waals surface area contributed by atoms with Gasteiger partial charge in [0.25, 0.3) is 0 Å². The molecule has 1 aromatic carbocycles. The quantitative estimate of drug-likeness (QED) is 0.846. The maximum Gasteiger partial charge on any atom is 0.317 e. The molecule has 0 radical (unpaired) electrons. The Bertz CT molecular complexity index is 452. The third-order valence-corrected chi connectivity index (χ3v) is 4.20. The van der Waals surface area contributed by atoms with Crippen molar-refractivity contribution in [2.24, 2.45) is 0 Å². The monoisotopic (exact) mass is 305 g/mol. The zero-order chi connectivity index (χ0) is 15.8. The van der Waals surface area contributed by atoms with Crippen molar-refractivity contribution in [2.45, 2.75) is 25.9 Å². The molecule has 1 atom stereocenters. The van der Waals surface area contributed by atoms with Crippen LogP contribution in [0.1, 0.15) is 18.9 Å². The van der Waals surface area contributed by atoms with Crippen molar-refractivity contribution >= 4 is 6.03 Å². The average Bonchev–Trinajstić information content (AvgIpc) is 2.71. The minimum Gasteiger partial charge on any atom is -0.383 e. The summed E-state index contributed by atoms with van der Waals surface area (Å²) in [7, 11) is 1.64. The van der Waals surface area contributed by atoms with Crippen LogP contribution in [0.2, 0.25) is 0 Å². The summed E-state index contributed by atoms with van der Waals surface area (Å²) in [5.41, 5.74) is 1.33. The van der Waals surface area contributed by atoms with Gasteiger partial charge in [-0.05, 0) is 18.9 Å². The summed E-state index contributed by atoms with van der Waals surface area (Å²) >= 11 is 0. The molecule has 1 aliphatic heterocycles. The second-order valence-electron chi connectivity index (χ2n) is 5.81. The molecule has 2 amide bonds. The summed E-state index contributed by atoms with van der Waals surface area (Å²) in [6, 6.07) is 11.0. The number of ether oxygens (including phenoxy) is 1. The highest BCUT2D eigenvalue weighted by atomic mass is 16.5. The molecule has 0 spiro atoms. The second kappa shape index (κ2) is 8.76. The van der Waals surface area contributed by atoms with Gasteiger partial charge in [0, 0.05) is 45.9 Å². The van der Waals surface area contributed by atoms with Crippen LogP contribution >= 0.6 is 0 Å². The lowest BCUT2D eigenvalue weighted by Gasteiger charge is -2.26. The molecule has 5 heteroatoms. The zero-order valence-corrected chi connectivity index (χ0v) is 13.6. The van der Waals surface area contributed by atoms with E-state index in [0.29, 0.717) is 19.2 Å². The lowest BCUT2D eigenvalue weighted by atomic mass is 10.1. The number of amides is 2. The van der Waals surface area contributed by atoms with E-state index in [1.807, 2.05) is 11.0 Å². The number of hydrogen-bond acceptors (Lipinski definition) is 3. The Morgan fingerprint density at radius 2 is 2.05 bits per heavy atom. The molecule has 0 aliphatic carbocycles. The highest BCUT2D eigenvalue weighted by Crippen LogP contribution is 2.14. The predicted molar refractivity (Wildman–Crippen MR) is 87.8 cm³/mol. The lowest BCUT2D eigenvalue weighted by molar-refractivity contribution is 0.178. The van der Waals surface area contributed by atoms with Gasteiger partial charge >= 0.3 is 6.03 Å².